The van der Waals surface area contributed by atoms with Gasteiger partial charge in [0.05, 0.1) is 5.56 Å². The number of benzene rings is 1. The lowest BCUT2D eigenvalue weighted by Gasteiger charge is -2.09. The Bertz CT molecular complexity index is 397. The lowest BCUT2D eigenvalue weighted by molar-refractivity contribution is 0.101. The van der Waals surface area contributed by atoms with Gasteiger partial charge in [0.25, 0.3) is 0 Å². The Balaban J connectivity index is 2.96. The molecule has 0 saturated heterocycles. The summed E-state index contributed by atoms with van der Waals surface area (Å²) in [5.41, 5.74) is 1.67. The third-order valence-corrected chi connectivity index (χ3v) is 2.13. The van der Waals surface area contributed by atoms with Crippen LogP contribution in [0.5, 0.6) is 5.75 Å². The zero-order valence-electron chi connectivity index (χ0n) is 8.84. The Labute approximate surface area is 98.1 Å². The maximum atomic E-state index is 11.3. The van der Waals surface area contributed by atoms with Crippen LogP contribution in [-0.4, -0.2) is 12.4 Å². The van der Waals surface area contributed by atoms with E-state index in [1.807, 2.05) is 19.1 Å². The summed E-state index contributed by atoms with van der Waals surface area (Å²) in [5.74, 6) is 0.619. The second-order valence-corrected chi connectivity index (χ2v) is 4.48. The molecule has 3 heteroatoms. The Hall–Kier alpha value is -1.09. The molecule has 1 aromatic rings. The quantitative estimate of drug-likeness (QED) is 0.782. The first kappa shape index (κ1) is 12.0. The molecule has 0 amide bonds. The van der Waals surface area contributed by atoms with Crippen LogP contribution in [0.2, 0.25) is 0 Å². The van der Waals surface area contributed by atoms with Crippen molar-refractivity contribution in [2.45, 2.75) is 13.8 Å². The third-order valence-electron chi connectivity index (χ3n) is 1.90. The summed E-state index contributed by atoms with van der Waals surface area (Å²) in [4.78, 5) is 11.3. The van der Waals surface area contributed by atoms with E-state index in [1.54, 1.807) is 6.07 Å². The van der Waals surface area contributed by atoms with Crippen molar-refractivity contribution in [2.75, 3.05) is 6.61 Å². The number of carbonyl (C=O) groups excluding carboxylic acids is 1. The highest BCUT2D eigenvalue weighted by Crippen LogP contribution is 2.21. The van der Waals surface area contributed by atoms with E-state index in [1.165, 1.54) is 6.92 Å². The standard InChI is InChI=1S/C12H13BrO2/c1-8-4-5-11(10(3)14)12(6-8)15-7-9(2)13/h4-6H,2,7H2,1,3H3. The molecule has 0 saturated carbocycles. The number of halogens is 1. The lowest BCUT2D eigenvalue weighted by atomic mass is 10.1. The zero-order valence-corrected chi connectivity index (χ0v) is 10.4. The van der Waals surface area contributed by atoms with Gasteiger partial charge in [0.15, 0.2) is 5.78 Å². The van der Waals surface area contributed by atoms with Crippen LogP contribution in [0.4, 0.5) is 0 Å². The van der Waals surface area contributed by atoms with Crippen molar-refractivity contribution in [3.8, 4) is 5.75 Å². The van der Waals surface area contributed by atoms with E-state index in [2.05, 4.69) is 22.5 Å². The largest absolute Gasteiger partial charge is 0.488 e. The van der Waals surface area contributed by atoms with E-state index in [-0.39, 0.29) is 5.78 Å². The second kappa shape index (κ2) is 5.12. The fraction of sp³-hybridized carbons (Fsp3) is 0.250. The molecular weight excluding hydrogens is 256 g/mol. The number of rotatable bonds is 4. The Kier molecular flexibility index (Phi) is 4.09. The number of ether oxygens (including phenoxy) is 1. The Morgan fingerprint density at radius 3 is 2.73 bits per heavy atom. The van der Waals surface area contributed by atoms with Gasteiger partial charge in [0.1, 0.15) is 12.4 Å². The number of carbonyl (C=O) groups is 1. The second-order valence-electron chi connectivity index (χ2n) is 3.36. The van der Waals surface area contributed by atoms with Gasteiger partial charge in [-0.05, 0) is 31.5 Å². The van der Waals surface area contributed by atoms with Gasteiger partial charge < -0.3 is 4.74 Å². The molecule has 0 bridgehead atoms. The molecule has 0 unspecified atom stereocenters. The number of ketones is 1. The van der Waals surface area contributed by atoms with E-state index in [4.69, 9.17) is 4.74 Å². The molecule has 0 fully saturated rings. The van der Waals surface area contributed by atoms with Gasteiger partial charge in [-0.25, -0.2) is 0 Å². The average molecular weight is 269 g/mol. The minimum Gasteiger partial charge on any atom is -0.488 e. The van der Waals surface area contributed by atoms with Crippen molar-refractivity contribution in [2.24, 2.45) is 0 Å². The molecule has 80 valence electrons. The Morgan fingerprint density at radius 1 is 1.53 bits per heavy atom. The van der Waals surface area contributed by atoms with Crippen LogP contribution >= 0.6 is 15.9 Å². The van der Waals surface area contributed by atoms with E-state index >= 15 is 0 Å². The van der Waals surface area contributed by atoms with Gasteiger partial charge in [-0.3, -0.25) is 4.79 Å². The van der Waals surface area contributed by atoms with E-state index in [0.717, 1.165) is 10.0 Å². The SMILES string of the molecule is C=C(Br)COc1cc(C)ccc1C(C)=O. The molecular formula is C12H13BrO2. The summed E-state index contributed by atoms with van der Waals surface area (Å²) in [6.07, 6.45) is 0. The lowest BCUT2D eigenvalue weighted by Crippen LogP contribution is -2.02. The summed E-state index contributed by atoms with van der Waals surface area (Å²) in [6, 6.07) is 5.53. The summed E-state index contributed by atoms with van der Waals surface area (Å²) >= 11 is 3.21. The topological polar surface area (TPSA) is 26.3 Å². The van der Waals surface area contributed by atoms with Crippen LogP contribution in [0.25, 0.3) is 0 Å². The molecule has 0 spiro atoms. The summed E-state index contributed by atoms with van der Waals surface area (Å²) in [6.45, 7) is 7.53. The molecule has 2 nitrogen and oxygen atoms in total. The van der Waals surface area contributed by atoms with Crippen molar-refractivity contribution >= 4 is 21.7 Å². The summed E-state index contributed by atoms with van der Waals surface area (Å²) in [5, 5.41) is 0. The van der Waals surface area contributed by atoms with Gasteiger partial charge in [-0.2, -0.15) is 0 Å². The number of aryl methyl sites for hydroxylation is 1. The maximum absolute atomic E-state index is 11.3. The van der Waals surface area contributed by atoms with E-state index in [9.17, 15) is 4.79 Å². The first-order valence-electron chi connectivity index (χ1n) is 4.58. The molecule has 0 atom stereocenters. The number of hydrogen-bond donors (Lipinski definition) is 0. The van der Waals surface area contributed by atoms with Crippen LogP contribution < -0.4 is 4.74 Å². The van der Waals surface area contributed by atoms with Crippen LogP contribution in [0.3, 0.4) is 0 Å². The normalized spacial score (nSPS) is 9.80. The van der Waals surface area contributed by atoms with E-state index in [0.29, 0.717) is 17.9 Å². The van der Waals surface area contributed by atoms with E-state index < -0.39 is 0 Å². The van der Waals surface area contributed by atoms with Crippen molar-refractivity contribution < 1.29 is 9.53 Å². The fourth-order valence-electron chi connectivity index (χ4n) is 1.20. The smallest absolute Gasteiger partial charge is 0.163 e. The minimum atomic E-state index is 0.00480. The highest BCUT2D eigenvalue weighted by Gasteiger charge is 2.08. The zero-order chi connectivity index (χ0) is 11.4. The minimum absolute atomic E-state index is 0.00480. The fourth-order valence-corrected chi connectivity index (χ4v) is 1.31. The first-order chi connectivity index (χ1) is 7.00. The monoisotopic (exact) mass is 268 g/mol. The molecule has 15 heavy (non-hydrogen) atoms. The maximum Gasteiger partial charge on any atom is 0.163 e. The van der Waals surface area contributed by atoms with Gasteiger partial charge in [-0.1, -0.05) is 28.6 Å². The first-order valence-corrected chi connectivity index (χ1v) is 5.37. The van der Waals surface area contributed by atoms with Crippen molar-refractivity contribution in [3.63, 3.8) is 0 Å². The number of Topliss-reactive ketones (excluding diaryl/α,β-unsaturated/α-hetero) is 1. The van der Waals surface area contributed by atoms with Gasteiger partial charge in [-0.15, -0.1) is 0 Å². The molecule has 0 heterocycles. The Morgan fingerprint density at radius 2 is 2.20 bits per heavy atom. The van der Waals surface area contributed by atoms with Crippen molar-refractivity contribution in [1.82, 2.24) is 0 Å². The van der Waals surface area contributed by atoms with Gasteiger partial charge in [0, 0.05) is 4.48 Å². The predicted molar refractivity (Wildman–Crippen MR) is 64.7 cm³/mol. The predicted octanol–water partition coefficient (Wildman–Crippen LogP) is 3.49. The molecule has 0 N–H and O–H groups in total. The molecule has 0 aromatic heterocycles. The summed E-state index contributed by atoms with van der Waals surface area (Å²) < 4.78 is 6.22. The molecule has 1 rings (SSSR count). The van der Waals surface area contributed by atoms with Crippen LogP contribution in [-0.2, 0) is 0 Å². The third kappa shape index (κ3) is 3.51. The molecule has 0 aliphatic heterocycles. The van der Waals surface area contributed by atoms with Gasteiger partial charge >= 0.3 is 0 Å². The molecule has 1 aromatic carbocycles. The van der Waals surface area contributed by atoms with Crippen molar-refractivity contribution in [3.05, 3.63) is 40.4 Å². The van der Waals surface area contributed by atoms with Gasteiger partial charge in [0.2, 0.25) is 0 Å². The highest BCUT2D eigenvalue weighted by molar-refractivity contribution is 9.11. The molecule has 0 radical (unpaired) electrons. The van der Waals surface area contributed by atoms with Crippen LogP contribution in [0.15, 0.2) is 29.3 Å². The average Bonchev–Trinajstić information content (AvgIpc) is 2.14. The highest BCUT2D eigenvalue weighted by atomic mass is 79.9. The van der Waals surface area contributed by atoms with Crippen LogP contribution in [0, 0.1) is 6.92 Å². The molecule has 0 aliphatic rings. The van der Waals surface area contributed by atoms with Crippen molar-refractivity contribution in [1.29, 1.82) is 0 Å². The molecule has 0 aliphatic carbocycles. The summed E-state index contributed by atoms with van der Waals surface area (Å²) in [7, 11) is 0. The number of hydrogen-bond acceptors (Lipinski definition) is 2. The van der Waals surface area contributed by atoms with Crippen LogP contribution in [0.1, 0.15) is 22.8 Å².